The molecule has 0 saturated carbocycles. The van der Waals surface area contributed by atoms with Crippen molar-refractivity contribution in [1.82, 2.24) is 9.71 Å². The summed E-state index contributed by atoms with van der Waals surface area (Å²) in [6, 6.07) is 11.5. The molecular weight excluding hydrogens is 552 g/mol. The van der Waals surface area contributed by atoms with E-state index in [0.717, 1.165) is 6.07 Å². The van der Waals surface area contributed by atoms with Gasteiger partial charge in [-0.1, -0.05) is 18.2 Å². The van der Waals surface area contributed by atoms with E-state index in [1.54, 1.807) is 45.0 Å². The third-order valence-electron chi connectivity index (χ3n) is 5.84. The van der Waals surface area contributed by atoms with Crippen LogP contribution in [0.3, 0.4) is 0 Å². The van der Waals surface area contributed by atoms with Crippen LogP contribution in [0.1, 0.15) is 43.4 Å². The number of nitrogens with zero attached hydrogens (tertiary/aromatic N) is 1. The first-order valence-electron chi connectivity index (χ1n) is 12.1. The summed E-state index contributed by atoms with van der Waals surface area (Å²) in [5, 5.41) is 9.24. The second-order valence-corrected chi connectivity index (χ2v) is 12.0. The Hall–Kier alpha value is -3.61. The molecule has 0 amide bonds. The zero-order valence-corrected chi connectivity index (χ0v) is 22.6. The van der Waals surface area contributed by atoms with Gasteiger partial charge in [-0.3, -0.25) is 9.78 Å². The monoisotopic (exact) mass is 578 g/mol. The number of furan rings is 1. The van der Waals surface area contributed by atoms with Gasteiger partial charge in [0.05, 0.1) is 18.7 Å². The topological polar surface area (TPSA) is 108 Å². The predicted molar refractivity (Wildman–Crippen MR) is 141 cm³/mol. The lowest BCUT2D eigenvalue weighted by molar-refractivity contribution is -0.152. The van der Waals surface area contributed by atoms with Crippen molar-refractivity contribution in [1.29, 1.82) is 0 Å². The van der Waals surface area contributed by atoms with Gasteiger partial charge >= 0.3 is 12.1 Å². The molecular formula is C28H26F4N2O5S. The summed E-state index contributed by atoms with van der Waals surface area (Å²) in [5.74, 6) is -2.81. The summed E-state index contributed by atoms with van der Waals surface area (Å²) >= 11 is -1.51. The predicted octanol–water partition coefficient (Wildman–Crippen LogP) is 6.41. The fourth-order valence-electron chi connectivity index (χ4n) is 3.92. The molecule has 2 heterocycles. The van der Waals surface area contributed by atoms with Crippen LogP contribution in [0.4, 0.5) is 17.6 Å². The molecule has 0 spiro atoms. The van der Waals surface area contributed by atoms with Gasteiger partial charge in [-0.2, -0.15) is 13.2 Å². The normalized spacial score (nSPS) is 13.0. The number of halogens is 4. The standard InChI is InChI=1S/C28H26F4N2O5S/c1-27(2,3)40(37)34-14-21-25(29)19(8-9-33-21)20-11-16(10-18-12-23(28(30,31)32)39-26(18)20)15-38-22-7-5-4-6-17(22)13-24(35)36/h4-12,34H,13-15H2,1-3H3,(H,35,36)/t40-/m0/s1. The minimum absolute atomic E-state index is 0.0449. The molecule has 0 fully saturated rings. The average Bonchev–Trinajstić information content (AvgIpc) is 3.31. The van der Waals surface area contributed by atoms with Crippen LogP contribution < -0.4 is 9.46 Å². The van der Waals surface area contributed by atoms with Crippen molar-refractivity contribution in [3.63, 3.8) is 0 Å². The number of alkyl halides is 3. The van der Waals surface area contributed by atoms with Gasteiger partial charge in [-0.05, 0) is 56.7 Å². The van der Waals surface area contributed by atoms with Gasteiger partial charge < -0.3 is 18.8 Å². The SMILES string of the molecule is CC(C)(C)[S@+]([O-])NCc1nccc(-c2cc(COc3ccccc3CC(=O)O)cc3cc(C(F)(F)F)oc23)c1F. The molecule has 0 aliphatic heterocycles. The Morgan fingerprint density at radius 3 is 2.52 bits per heavy atom. The maximum atomic E-state index is 15.7. The summed E-state index contributed by atoms with van der Waals surface area (Å²) in [4.78, 5) is 15.2. The summed E-state index contributed by atoms with van der Waals surface area (Å²) in [6.07, 6.45) is -3.75. The van der Waals surface area contributed by atoms with E-state index in [4.69, 9.17) is 14.3 Å². The molecule has 0 radical (unpaired) electrons. The fraction of sp³-hybridized carbons (Fsp3) is 0.286. The highest BCUT2D eigenvalue weighted by molar-refractivity contribution is 7.90. The van der Waals surface area contributed by atoms with Gasteiger partial charge in [0.25, 0.3) is 0 Å². The van der Waals surface area contributed by atoms with Gasteiger partial charge in [-0.25, -0.2) is 4.39 Å². The molecule has 4 rings (SSSR count). The number of aromatic nitrogens is 1. The van der Waals surface area contributed by atoms with Crippen molar-refractivity contribution in [2.45, 2.75) is 51.3 Å². The van der Waals surface area contributed by atoms with E-state index in [1.165, 1.54) is 24.4 Å². The van der Waals surface area contributed by atoms with E-state index < -0.39 is 39.8 Å². The maximum Gasteiger partial charge on any atom is 0.449 e. The highest BCUT2D eigenvalue weighted by atomic mass is 32.2. The Labute approximate surface area is 230 Å². The summed E-state index contributed by atoms with van der Waals surface area (Å²) in [6.45, 7) is 4.92. The van der Waals surface area contributed by atoms with E-state index in [-0.39, 0.29) is 47.4 Å². The van der Waals surface area contributed by atoms with E-state index in [0.29, 0.717) is 16.9 Å². The molecule has 0 saturated heterocycles. The van der Waals surface area contributed by atoms with E-state index in [9.17, 15) is 22.5 Å². The van der Waals surface area contributed by atoms with E-state index in [2.05, 4.69) is 9.71 Å². The number of rotatable bonds is 9. The second kappa shape index (κ2) is 11.5. The lowest BCUT2D eigenvalue weighted by atomic mass is 10.00. The van der Waals surface area contributed by atoms with Crippen LogP contribution in [-0.2, 0) is 41.9 Å². The minimum atomic E-state index is -4.77. The number of ether oxygens (including phenoxy) is 1. The van der Waals surface area contributed by atoms with Crippen LogP contribution in [0.2, 0.25) is 0 Å². The summed E-state index contributed by atoms with van der Waals surface area (Å²) in [7, 11) is 0. The number of para-hydroxylation sites is 1. The molecule has 12 heteroatoms. The molecule has 1 atom stereocenters. The Morgan fingerprint density at radius 1 is 1.12 bits per heavy atom. The highest BCUT2D eigenvalue weighted by Gasteiger charge is 2.36. The summed E-state index contributed by atoms with van der Waals surface area (Å²) < 4.78 is 81.7. The quantitative estimate of drug-likeness (QED) is 0.175. The van der Waals surface area contributed by atoms with Crippen LogP contribution >= 0.6 is 0 Å². The molecule has 2 aromatic carbocycles. The number of carboxylic acids is 1. The molecule has 4 aromatic rings. The summed E-state index contributed by atoms with van der Waals surface area (Å²) in [5.41, 5.74) is 0.550. The van der Waals surface area contributed by atoms with Gasteiger partial charge in [0.1, 0.15) is 22.7 Å². The first kappa shape index (κ1) is 29.4. The molecule has 7 nitrogen and oxygen atoms in total. The number of hydrogen-bond donors (Lipinski definition) is 2. The van der Waals surface area contributed by atoms with Crippen molar-refractivity contribution >= 4 is 28.3 Å². The van der Waals surface area contributed by atoms with Crippen LogP contribution in [0, 0.1) is 5.82 Å². The third kappa shape index (κ3) is 6.75. The van der Waals surface area contributed by atoms with Crippen molar-refractivity contribution in [3.8, 4) is 16.9 Å². The Bertz CT molecular complexity index is 1530. The van der Waals surface area contributed by atoms with Crippen LogP contribution in [0.25, 0.3) is 22.1 Å². The fourth-order valence-corrected chi connectivity index (χ4v) is 4.62. The molecule has 0 aliphatic carbocycles. The lowest BCUT2D eigenvalue weighted by Crippen LogP contribution is -2.39. The Kier molecular flexibility index (Phi) is 8.43. The second-order valence-electron chi connectivity index (χ2n) is 9.96. The van der Waals surface area contributed by atoms with Gasteiger partial charge in [0.2, 0.25) is 5.76 Å². The van der Waals surface area contributed by atoms with Crippen LogP contribution in [0.15, 0.2) is 59.1 Å². The molecule has 212 valence electrons. The first-order valence-corrected chi connectivity index (χ1v) is 13.2. The zero-order valence-electron chi connectivity index (χ0n) is 21.8. The minimum Gasteiger partial charge on any atom is -0.598 e. The molecule has 0 unspecified atom stereocenters. The molecule has 2 N–H and O–H groups in total. The van der Waals surface area contributed by atoms with Crippen molar-refractivity contribution in [3.05, 3.63) is 83.1 Å². The van der Waals surface area contributed by atoms with Crippen LogP contribution in [0.5, 0.6) is 5.75 Å². The Balaban J connectivity index is 1.74. The lowest BCUT2D eigenvalue weighted by Gasteiger charge is -2.23. The first-order chi connectivity index (χ1) is 18.7. The molecule has 2 aromatic heterocycles. The number of hydrogen-bond acceptors (Lipinski definition) is 6. The van der Waals surface area contributed by atoms with E-state index in [1.807, 2.05) is 0 Å². The van der Waals surface area contributed by atoms with Gasteiger partial charge in [-0.15, -0.1) is 4.72 Å². The highest BCUT2D eigenvalue weighted by Crippen LogP contribution is 2.39. The molecule has 40 heavy (non-hydrogen) atoms. The average molecular weight is 579 g/mol. The van der Waals surface area contributed by atoms with Crippen molar-refractivity contribution in [2.75, 3.05) is 0 Å². The number of pyridine rings is 1. The number of aliphatic carboxylic acids is 1. The molecule has 0 aliphatic rings. The number of carbonyl (C=O) groups is 1. The van der Waals surface area contributed by atoms with Crippen molar-refractivity contribution in [2.24, 2.45) is 0 Å². The largest absolute Gasteiger partial charge is 0.598 e. The smallest absolute Gasteiger partial charge is 0.449 e. The van der Waals surface area contributed by atoms with Gasteiger partial charge in [0.15, 0.2) is 5.82 Å². The Morgan fingerprint density at radius 2 is 1.85 bits per heavy atom. The number of benzene rings is 2. The number of fused-ring (bicyclic) bond motifs is 1. The van der Waals surface area contributed by atoms with Gasteiger partial charge in [0, 0.05) is 39.6 Å². The zero-order chi connectivity index (χ0) is 29.2. The van der Waals surface area contributed by atoms with Crippen LogP contribution in [-0.4, -0.2) is 25.4 Å². The molecule has 0 bridgehead atoms. The maximum absolute atomic E-state index is 15.7. The van der Waals surface area contributed by atoms with Crippen molar-refractivity contribution < 1.29 is 41.2 Å². The third-order valence-corrected chi connectivity index (χ3v) is 7.36. The number of nitrogens with one attached hydrogen (secondary N) is 1. The number of carboxylic acid groups (broad SMARTS) is 1. The van der Waals surface area contributed by atoms with E-state index >= 15 is 4.39 Å².